The second kappa shape index (κ2) is 8.20. The number of aromatic nitrogens is 1. The molecule has 21 heavy (non-hydrogen) atoms. The fourth-order valence-electron chi connectivity index (χ4n) is 2.23. The van der Waals surface area contributed by atoms with E-state index < -0.39 is 0 Å². The fourth-order valence-corrected chi connectivity index (χ4v) is 3.86. The number of thioether (sulfide) groups is 1. The zero-order chi connectivity index (χ0) is 15.1. The molecule has 1 heterocycles. The molecule has 0 radical (unpaired) electrons. The molecule has 0 spiro atoms. The zero-order valence-electron chi connectivity index (χ0n) is 12.9. The number of nitrogens with zero attached hydrogens (tertiary/aromatic N) is 1. The van der Waals surface area contributed by atoms with Gasteiger partial charge in [-0.1, -0.05) is 47.8 Å². The van der Waals surface area contributed by atoms with E-state index in [1.54, 1.807) is 0 Å². The van der Waals surface area contributed by atoms with Gasteiger partial charge in [-0.3, -0.25) is 0 Å². The van der Waals surface area contributed by atoms with Crippen LogP contribution in [0.4, 0.5) is 0 Å². The highest BCUT2D eigenvalue weighted by Gasteiger charge is 2.16. The first-order chi connectivity index (χ1) is 10.3. The second-order valence-corrected chi connectivity index (χ2v) is 6.62. The van der Waals surface area contributed by atoms with Crippen molar-refractivity contribution in [2.75, 3.05) is 6.26 Å². The number of fused-ring (bicyclic) bond motifs is 1. The summed E-state index contributed by atoms with van der Waals surface area (Å²) in [4.78, 5) is 0. The molecular formula is C18H22NS2+. The lowest BCUT2D eigenvalue weighted by atomic mass is 10.2. The molecule has 1 aromatic carbocycles. The van der Waals surface area contributed by atoms with Crippen LogP contribution in [0.25, 0.3) is 16.3 Å². The molecular weight excluding hydrogens is 294 g/mol. The molecule has 1 nitrogen and oxygen atoms in total. The molecule has 0 N–H and O–H groups in total. The maximum atomic E-state index is 2.39. The summed E-state index contributed by atoms with van der Waals surface area (Å²) in [5.74, 6) is 1.08. The maximum absolute atomic E-state index is 2.39. The van der Waals surface area contributed by atoms with Crippen molar-refractivity contribution >= 4 is 39.4 Å². The Morgan fingerprint density at radius 1 is 1.19 bits per heavy atom. The molecule has 0 aliphatic carbocycles. The summed E-state index contributed by atoms with van der Waals surface area (Å²) in [6, 6.07) is 6.83. The average Bonchev–Trinajstić information content (AvgIpc) is 2.84. The third kappa shape index (κ3) is 4.08. The van der Waals surface area contributed by atoms with Gasteiger partial charge in [-0.25, -0.2) is 0 Å². The molecule has 0 fully saturated rings. The van der Waals surface area contributed by atoms with E-state index in [9.17, 15) is 0 Å². The van der Waals surface area contributed by atoms with Gasteiger partial charge in [0, 0.05) is 17.9 Å². The number of hydrogen-bond acceptors (Lipinski definition) is 2. The maximum Gasteiger partial charge on any atom is 0.262 e. The van der Waals surface area contributed by atoms with Gasteiger partial charge in [0.05, 0.1) is 0 Å². The molecule has 0 saturated heterocycles. The van der Waals surface area contributed by atoms with E-state index in [0.717, 1.165) is 12.3 Å². The van der Waals surface area contributed by atoms with Gasteiger partial charge in [0.1, 0.15) is 11.2 Å². The Morgan fingerprint density at radius 3 is 2.71 bits per heavy atom. The minimum Gasteiger partial charge on any atom is -0.182 e. The summed E-state index contributed by atoms with van der Waals surface area (Å²) in [5.41, 5.74) is 2.75. The van der Waals surface area contributed by atoms with Crippen LogP contribution in [0, 0.1) is 0 Å². The first-order valence-electron chi connectivity index (χ1n) is 7.20. The van der Waals surface area contributed by atoms with E-state index in [0.29, 0.717) is 0 Å². The van der Waals surface area contributed by atoms with Crippen LogP contribution in [0.15, 0.2) is 48.6 Å². The molecule has 0 atom stereocenters. The molecule has 3 heteroatoms. The predicted octanol–water partition coefficient (Wildman–Crippen LogP) is 5.22. The molecule has 0 bridgehead atoms. The minimum atomic E-state index is 1.00. The Morgan fingerprint density at radius 2 is 2.00 bits per heavy atom. The van der Waals surface area contributed by atoms with Crippen LogP contribution in [0.3, 0.4) is 0 Å². The highest BCUT2D eigenvalue weighted by molar-refractivity contribution is 7.97. The molecule has 0 aliphatic rings. The summed E-state index contributed by atoms with van der Waals surface area (Å²) in [5, 5.41) is 1.30. The van der Waals surface area contributed by atoms with Crippen LogP contribution in [0.1, 0.15) is 24.4 Å². The minimum absolute atomic E-state index is 1.00. The molecule has 1 aromatic heterocycles. The quantitative estimate of drug-likeness (QED) is 0.522. The summed E-state index contributed by atoms with van der Waals surface area (Å²) in [6.45, 7) is 5.23. The van der Waals surface area contributed by atoms with Crippen molar-refractivity contribution in [1.29, 1.82) is 0 Å². The van der Waals surface area contributed by atoms with Crippen LogP contribution in [-0.4, -0.2) is 6.26 Å². The van der Waals surface area contributed by atoms with Gasteiger partial charge in [0.25, 0.3) is 5.01 Å². The van der Waals surface area contributed by atoms with E-state index in [1.807, 2.05) is 42.2 Å². The Balaban J connectivity index is 2.35. The van der Waals surface area contributed by atoms with Crippen molar-refractivity contribution in [3.63, 3.8) is 0 Å². The van der Waals surface area contributed by atoms with Crippen LogP contribution in [-0.2, 0) is 12.3 Å². The van der Waals surface area contributed by atoms with E-state index in [2.05, 4.69) is 60.2 Å². The molecule has 2 aromatic rings. The number of thiazole rings is 1. The third-order valence-corrected chi connectivity index (χ3v) is 4.94. The number of allylic oxidation sites excluding steroid dienone is 5. The van der Waals surface area contributed by atoms with Crippen LogP contribution in [0.2, 0.25) is 0 Å². The smallest absolute Gasteiger partial charge is 0.182 e. The monoisotopic (exact) mass is 316 g/mol. The molecule has 0 amide bonds. The first kappa shape index (κ1) is 16.1. The van der Waals surface area contributed by atoms with Gasteiger partial charge in [-0.15, -0.1) is 0 Å². The van der Waals surface area contributed by atoms with Gasteiger partial charge in [0.15, 0.2) is 0 Å². The van der Waals surface area contributed by atoms with E-state index >= 15 is 0 Å². The van der Waals surface area contributed by atoms with Gasteiger partial charge in [-0.2, -0.15) is 16.3 Å². The lowest BCUT2D eigenvalue weighted by Crippen LogP contribution is -2.33. The van der Waals surface area contributed by atoms with E-state index in [4.69, 9.17) is 0 Å². The van der Waals surface area contributed by atoms with Crippen molar-refractivity contribution in [3.8, 4) is 0 Å². The predicted molar refractivity (Wildman–Crippen MR) is 97.9 cm³/mol. The number of hydrogen-bond donors (Lipinski definition) is 0. The standard InChI is InChI=1S/C18H22NS2/c1-4-6-7-8-9-10-18-19(5-2)16-13-15(14-20-3)11-12-17(16)21-18/h4,6-13H,5,14H2,1-3H3/q+1. The van der Waals surface area contributed by atoms with Gasteiger partial charge < -0.3 is 0 Å². The van der Waals surface area contributed by atoms with Gasteiger partial charge >= 0.3 is 0 Å². The summed E-state index contributed by atoms with van der Waals surface area (Å²) in [6.07, 6.45) is 14.7. The normalized spacial score (nSPS) is 12.5. The van der Waals surface area contributed by atoms with Crippen LogP contribution < -0.4 is 4.57 Å². The van der Waals surface area contributed by atoms with E-state index in [-0.39, 0.29) is 0 Å². The summed E-state index contributed by atoms with van der Waals surface area (Å²) < 4.78 is 3.75. The van der Waals surface area contributed by atoms with Crippen LogP contribution >= 0.6 is 23.1 Å². The lowest BCUT2D eigenvalue weighted by molar-refractivity contribution is -0.665. The fraction of sp³-hybridized carbons (Fsp3) is 0.278. The topological polar surface area (TPSA) is 3.88 Å². The number of rotatable bonds is 6. The molecule has 0 saturated carbocycles. The summed E-state index contributed by atoms with van der Waals surface area (Å²) >= 11 is 3.73. The van der Waals surface area contributed by atoms with Crippen molar-refractivity contribution in [1.82, 2.24) is 0 Å². The largest absolute Gasteiger partial charge is 0.262 e. The molecule has 2 rings (SSSR count). The molecule has 110 valence electrons. The second-order valence-electron chi connectivity index (χ2n) is 4.69. The van der Waals surface area contributed by atoms with Gasteiger partial charge in [0.2, 0.25) is 5.52 Å². The summed E-state index contributed by atoms with van der Waals surface area (Å²) in [7, 11) is 0. The highest BCUT2D eigenvalue weighted by atomic mass is 32.2. The van der Waals surface area contributed by atoms with Crippen molar-refractivity contribution in [2.24, 2.45) is 0 Å². The van der Waals surface area contributed by atoms with Crippen molar-refractivity contribution in [3.05, 3.63) is 59.2 Å². The third-order valence-electron chi connectivity index (χ3n) is 3.19. The van der Waals surface area contributed by atoms with Crippen molar-refractivity contribution in [2.45, 2.75) is 26.1 Å². The Kier molecular flexibility index (Phi) is 6.27. The highest BCUT2D eigenvalue weighted by Crippen LogP contribution is 2.24. The van der Waals surface area contributed by atoms with Crippen LogP contribution in [0.5, 0.6) is 0 Å². The van der Waals surface area contributed by atoms with Gasteiger partial charge in [-0.05, 0) is 31.7 Å². The average molecular weight is 317 g/mol. The molecule has 0 unspecified atom stereocenters. The lowest BCUT2D eigenvalue weighted by Gasteiger charge is -1.97. The number of benzene rings is 1. The Bertz CT molecular complexity index is 678. The SMILES string of the molecule is CC=CC=CC=Cc1sc2ccc(CSC)cc2[n+]1CC. The zero-order valence-corrected chi connectivity index (χ0v) is 14.5. The number of aryl methyl sites for hydroxylation is 1. The van der Waals surface area contributed by atoms with E-state index in [1.165, 1.54) is 20.8 Å². The van der Waals surface area contributed by atoms with Crippen molar-refractivity contribution < 1.29 is 4.57 Å². The Hall–Kier alpha value is -1.32. The Labute approximate surface area is 135 Å². The molecule has 0 aliphatic heterocycles. The first-order valence-corrected chi connectivity index (χ1v) is 9.41.